The first-order chi connectivity index (χ1) is 9.76. The average Bonchev–Trinajstić information content (AvgIpc) is 3.09. The Hall–Kier alpha value is -2.04. The summed E-state index contributed by atoms with van der Waals surface area (Å²) < 4.78 is 4.35. The number of nitrogens with zero attached hydrogens (tertiary/aromatic N) is 7. The van der Waals surface area contributed by atoms with Crippen molar-refractivity contribution in [1.82, 2.24) is 34.3 Å². The van der Waals surface area contributed by atoms with Crippen LogP contribution in [0.4, 0.5) is 5.95 Å². The summed E-state index contributed by atoms with van der Waals surface area (Å²) in [4.78, 5) is 17.1. The van der Waals surface area contributed by atoms with E-state index in [1.807, 2.05) is 13.1 Å². The molecule has 3 rings (SSSR count). The van der Waals surface area contributed by atoms with E-state index < -0.39 is 0 Å². The fraction of sp³-hybridized carbons (Fsp3) is 0.182. The maximum absolute atomic E-state index is 4.40. The zero-order valence-electron chi connectivity index (χ0n) is 10.6. The lowest BCUT2D eigenvalue weighted by Crippen LogP contribution is -2.12. The Bertz CT molecular complexity index is 705. The van der Waals surface area contributed by atoms with Gasteiger partial charge in [-0.2, -0.15) is 20.1 Å². The third-order valence-electron chi connectivity index (χ3n) is 2.44. The normalized spacial score (nSPS) is 10.7. The van der Waals surface area contributed by atoms with Gasteiger partial charge in [0, 0.05) is 25.1 Å². The van der Waals surface area contributed by atoms with Gasteiger partial charge in [-0.15, -0.1) is 0 Å². The van der Waals surface area contributed by atoms with Gasteiger partial charge in [0.15, 0.2) is 0 Å². The summed E-state index contributed by atoms with van der Waals surface area (Å²) in [7, 11) is 0. The van der Waals surface area contributed by atoms with Gasteiger partial charge < -0.3 is 5.32 Å². The van der Waals surface area contributed by atoms with Crippen LogP contribution in [0.3, 0.4) is 0 Å². The van der Waals surface area contributed by atoms with Crippen LogP contribution in [0.5, 0.6) is 0 Å². The van der Waals surface area contributed by atoms with Crippen molar-refractivity contribution in [3.05, 3.63) is 34.7 Å². The summed E-state index contributed by atoms with van der Waals surface area (Å²) in [6.07, 6.45) is 8.69. The van der Waals surface area contributed by atoms with Crippen LogP contribution in [-0.2, 0) is 0 Å². The molecule has 9 heteroatoms. The number of nitrogens with one attached hydrogen (secondary N) is 1. The maximum Gasteiger partial charge on any atom is 0.257 e. The summed E-state index contributed by atoms with van der Waals surface area (Å²) >= 11 is 2.19. The molecule has 3 aromatic heterocycles. The number of halogens is 1. The molecular weight excluding hydrogens is 371 g/mol. The fourth-order valence-electron chi connectivity index (χ4n) is 1.60. The molecule has 0 aliphatic heterocycles. The molecule has 0 saturated heterocycles. The van der Waals surface area contributed by atoms with E-state index in [1.165, 1.54) is 0 Å². The maximum atomic E-state index is 4.40. The van der Waals surface area contributed by atoms with Crippen molar-refractivity contribution < 1.29 is 0 Å². The highest BCUT2D eigenvalue weighted by Gasteiger charge is 2.10. The zero-order valence-corrected chi connectivity index (χ0v) is 12.8. The van der Waals surface area contributed by atoms with Crippen molar-refractivity contribution in [3.63, 3.8) is 0 Å². The molecule has 0 aliphatic carbocycles. The van der Waals surface area contributed by atoms with Gasteiger partial charge in [-0.25, -0.2) is 9.67 Å². The lowest BCUT2D eigenvalue weighted by atomic mass is 10.7. The molecular formula is C11H11IN8. The molecule has 0 atom stereocenters. The van der Waals surface area contributed by atoms with Crippen molar-refractivity contribution in [3.8, 4) is 11.9 Å². The topological polar surface area (TPSA) is 86.3 Å². The molecule has 0 fully saturated rings. The van der Waals surface area contributed by atoms with Crippen LogP contribution in [0.1, 0.15) is 6.92 Å². The van der Waals surface area contributed by atoms with E-state index in [-0.39, 0.29) is 0 Å². The third-order valence-corrected chi connectivity index (χ3v) is 3.00. The number of rotatable bonds is 4. The zero-order chi connectivity index (χ0) is 13.9. The molecule has 3 aromatic rings. The SMILES string of the molecule is CCNc1nc(-n2ccnc2)nc(-n2cc(I)cn2)n1. The Morgan fingerprint density at radius 3 is 2.75 bits per heavy atom. The van der Waals surface area contributed by atoms with Crippen molar-refractivity contribution in [1.29, 1.82) is 0 Å². The summed E-state index contributed by atoms with van der Waals surface area (Å²) in [5.74, 6) is 1.46. The Kier molecular flexibility index (Phi) is 3.58. The second-order valence-corrected chi connectivity index (χ2v) is 5.11. The molecule has 8 nitrogen and oxygen atoms in total. The average molecular weight is 382 g/mol. The van der Waals surface area contributed by atoms with Gasteiger partial charge in [0.25, 0.3) is 5.95 Å². The number of aromatic nitrogens is 7. The van der Waals surface area contributed by atoms with E-state index in [9.17, 15) is 0 Å². The highest BCUT2D eigenvalue weighted by molar-refractivity contribution is 14.1. The molecule has 0 saturated carbocycles. The molecule has 0 amide bonds. The van der Waals surface area contributed by atoms with Crippen molar-refractivity contribution in [2.75, 3.05) is 11.9 Å². The predicted molar refractivity (Wildman–Crippen MR) is 81.0 cm³/mol. The van der Waals surface area contributed by atoms with Crippen molar-refractivity contribution in [2.45, 2.75) is 6.92 Å². The molecule has 20 heavy (non-hydrogen) atoms. The van der Waals surface area contributed by atoms with Crippen LogP contribution < -0.4 is 5.32 Å². The molecule has 0 bridgehead atoms. The second-order valence-electron chi connectivity index (χ2n) is 3.86. The van der Waals surface area contributed by atoms with Crippen LogP contribution in [0.25, 0.3) is 11.9 Å². The summed E-state index contributed by atoms with van der Waals surface area (Å²) in [5.41, 5.74) is 0. The predicted octanol–water partition coefficient (Wildman–Crippen LogP) is 1.28. The minimum absolute atomic E-state index is 0.461. The molecule has 0 radical (unpaired) electrons. The van der Waals surface area contributed by atoms with E-state index in [0.29, 0.717) is 17.8 Å². The van der Waals surface area contributed by atoms with Crippen LogP contribution in [0.2, 0.25) is 0 Å². The lowest BCUT2D eigenvalue weighted by Gasteiger charge is -2.07. The monoisotopic (exact) mass is 382 g/mol. The van der Waals surface area contributed by atoms with Crippen LogP contribution >= 0.6 is 22.6 Å². The highest BCUT2D eigenvalue weighted by Crippen LogP contribution is 2.10. The number of imidazole rings is 1. The van der Waals surface area contributed by atoms with Gasteiger partial charge in [0.05, 0.1) is 9.77 Å². The van der Waals surface area contributed by atoms with Crippen molar-refractivity contribution >= 4 is 28.5 Å². The van der Waals surface area contributed by atoms with Crippen LogP contribution in [-0.4, -0.2) is 40.8 Å². The van der Waals surface area contributed by atoms with E-state index >= 15 is 0 Å². The minimum Gasteiger partial charge on any atom is -0.354 e. The van der Waals surface area contributed by atoms with E-state index in [0.717, 1.165) is 10.1 Å². The quantitative estimate of drug-likeness (QED) is 0.685. The molecule has 1 N–H and O–H groups in total. The lowest BCUT2D eigenvalue weighted by molar-refractivity contribution is 0.774. The van der Waals surface area contributed by atoms with Crippen LogP contribution in [0, 0.1) is 3.57 Å². The van der Waals surface area contributed by atoms with Crippen molar-refractivity contribution in [2.24, 2.45) is 0 Å². The smallest absolute Gasteiger partial charge is 0.257 e. The van der Waals surface area contributed by atoms with E-state index in [2.05, 4.69) is 52.9 Å². The minimum atomic E-state index is 0.461. The Morgan fingerprint density at radius 2 is 2.10 bits per heavy atom. The number of anilines is 1. The molecule has 3 heterocycles. The van der Waals surface area contributed by atoms with Gasteiger partial charge in [-0.05, 0) is 29.5 Å². The number of hydrogen-bond acceptors (Lipinski definition) is 6. The summed E-state index contributed by atoms with van der Waals surface area (Å²) in [6.45, 7) is 2.71. The largest absolute Gasteiger partial charge is 0.354 e. The van der Waals surface area contributed by atoms with Gasteiger partial charge in [0.2, 0.25) is 11.9 Å². The Morgan fingerprint density at radius 1 is 1.25 bits per heavy atom. The Balaban J connectivity index is 2.09. The summed E-state index contributed by atoms with van der Waals surface area (Å²) in [6, 6.07) is 0. The molecule has 0 aliphatic rings. The molecule has 0 aromatic carbocycles. The standard InChI is InChI=1S/C11H11IN8/c1-2-14-9-16-10(19-4-3-13-7-19)18-11(17-9)20-6-8(12)5-15-20/h3-7H,2H2,1H3,(H,14,16,17,18). The van der Waals surface area contributed by atoms with Gasteiger partial charge in [-0.3, -0.25) is 4.57 Å². The van der Waals surface area contributed by atoms with Gasteiger partial charge in [0.1, 0.15) is 6.33 Å². The first kappa shape index (κ1) is 13.0. The molecule has 0 spiro atoms. The van der Waals surface area contributed by atoms with Gasteiger partial charge >= 0.3 is 0 Å². The number of hydrogen-bond donors (Lipinski definition) is 1. The summed E-state index contributed by atoms with van der Waals surface area (Å²) in [5, 5.41) is 7.30. The molecule has 0 unspecified atom stereocenters. The fourth-order valence-corrected chi connectivity index (χ4v) is 1.99. The third kappa shape index (κ3) is 2.61. The molecule has 102 valence electrons. The Labute approximate surface area is 128 Å². The van der Waals surface area contributed by atoms with E-state index in [4.69, 9.17) is 0 Å². The van der Waals surface area contributed by atoms with Crippen LogP contribution in [0.15, 0.2) is 31.1 Å². The van der Waals surface area contributed by atoms with Gasteiger partial charge in [-0.1, -0.05) is 0 Å². The first-order valence-corrected chi connectivity index (χ1v) is 7.03. The van der Waals surface area contributed by atoms with E-state index in [1.54, 1.807) is 34.2 Å². The first-order valence-electron chi connectivity index (χ1n) is 5.95. The second kappa shape index (κ2) is 5.53. The highest BCUT2D eigenvalue weighted by atomic mass is 127.